The van der Waals surface area contributed by atoms with Crippen molar-refractivity contribution in [2.45, 2.75) is 79.1 Å². The number of aryl methyl sites for hydroxylation is 1. The van der Waals surface area contributed by atoms with E-state index in [-0.39, 0.29) is 35.7 Å². The molecule has 5 rings (SSSR count). The molecule has 2 aromatic rings. The van der Waals surface area contributed by atoms with E-state index in [0.29, 0.717) is 11.5 Å². The SMILES string of the molecule is Cc1ccc(N=C(C=C(N)C(C)(C)C)NC(=O)N[C@H]2CCC[C@H](OC3=CN4C(C(C)C)=NNC4C=C3)c3ccccc32)cc1. The first kappa shape index (κ1) is 30.9. The monoisotopic (exact) mass is 595 g/mol. The highest BCUT2D eigenvalue weighted by Gasteiger charge is 2.31. The van der Waals surface area contributed by atoms with Gasteiger partial charge in [0, 0.05) is 29.3 Å². The number of carbonyl (C=O) groups excluding carboxylic acids is 1. The molecule has 1 aliphatic carbocycles. The number of ether oxygens (including phenoxy) is 1. The molecular weight excluding hydrogens is 550 g/mol. The second-order valence-corrected chi connectivity index (χ2v) is 13.0. The fourth-order valence-electron chi connectivity index (χ4n) is 5.45. The summed E-state index contributed by atoms with van der Waals surface area (Å²) in [5.41, 5.74) is 13.9. The third kappa shape index (κ3) is 7.33. The molecule has 2 heterocycles. The number of allylic oxidation sites excluding steroid dienone is 2. The molecule has 0 radical (unpaired) electrons. The number of amidine groups is 2. The van der Waals surface area contributed by atoms with Gasteiger partial charge in [-0.25, -0.2) is 9.79 Å². The van der Waals surface area contributed by atoms with Crippen LogP contribution in [0.2, 0.25) is 0 Å². The Morgan fingerprint density at radius 1 is 1.14 bits per heavy atom. The molecule has 2 aliphatic heterocycles. The molecule has 0 saturated heterocycles. The summed E-state index contributed by atoms with van der Waals surface area (Å²) in [6.07, 6.45) is 10.2. The van der Waals surface area contributed by atoms with Crippen LogP contribution in [0.1, 0.15) is 82.7 Å². The van der Waals surface area contributed by atoms with Gasteiger partial charge >= 0.3 is 6.03 Å². The molecule has 0 bridgehead atoms. The second kappa shape index (κ2) is 13.0. The maximum atomic E-state index is 13.5. The van der Waals surface area contributed by atoms with Crippen molar-refractivity contribution in [3.05, 3.63) is 101 Å². The minimum Gasteiger partial charge on any atom is -0.484 e. The first-order valence-corrected chi connectivity index (χ1v) is 15.5. The predicted octanol–water partition coefficient (Wildman–Crippen LogP) is 6.81. The van der Waals surface area contributed by atoms with Crippen LogP contribution in [0, 0.1) is 18.3 Å². The third-order valence-corrected chi connectivity index (χ3v) is 8.05. The molecule has 44 heavy (non-hydrogen) atoms. The summed E-state index contributed by atoms with van der Waals surface area (Å²) in [6, 6.07) is 15.5. The highest BCUT2D eigenvalue weighted by molar-refractivity contribution is 6.05. The first-order chi connectivity index (χ1) is 21.0. The van der Waals surface area contributed by atoms with Crippen LogP contribution in [0.3, 0.4) is 0 Å². The van der Waals surface area contributed by atoms with Crippen LogP contribution in [0.25, 0.3) is 0 Å². The molecule has 9 heteroatoms. The molecule has 0 fully saturated rings. The van der Waals surface area contributed by atoms with Gasteiger partial charge in [-0.15, -0.1) is 0 Å². The highest BCUT2D eigenvalue weighted by Crippen LogP contribution is 2.38. The van der Waals surface area contributed by atoms with Crippen molar-refractivity contribution in [3.63, 3.8) is 0 Å². The smallest absolute Gasteiger partial charge is 0.320 e. The van der Waals surface area contributed by atoms with Gasteiger partial charge in [-0.1, -0.05) is 76.6 Å². The van der Waals surface area contributed by atoms with Crippen molar-refractivity contribution < 1.29 is 9.53 Å². The van der Waals surface area contributed by atoms with Gasteiger partial charge in [-0.2, -0.15) is 5.10 Å². The fraction of sp³-hybridized carbons (Fsp3) is 0.400. The molecule has 1 unspecified atom stereocenters. The van der Waals surface area contributed by atoms with Crippen LogP contribution in [0.15, 0.2) is 94.5 Å². The van der Waals surface area contributed by atoms with E-state index < -0.39 is 0 Å². The minimum absolute atomic E-state index is 0.0151. The molecule has 3 aliphatic rings. The lowest BCUT2D eigenvalue weighted by Crippen LogP contribution is -2.41. The largest absolute Gasteiger partial charge is 0.484 e. The number of hydrogen-bond acceptors (Lipinski definition) is 7. The van der Waals surface area contributed by atoms with Gasteiger partial charge in [0.15, 0.2) is 0 Å². The second-order valence-electron chi connectivity index (χ2n) is 13.0. The molecule has 2 amide bonds. The van der Waals surface area contributed by atoms with Crippen LogP contribution in [0.4, 0.5) is 10.5 Å². The van der Waals surface area contributed by atoms with E-state index in [1.807, 2.05) is 76.4 Å². The van der Waals surface area contributed by atoms with Crippen LogP contribution >= 0.6 is 0 Å². The Balaban J connectivity index is 1.33. The highest BCUT2D eigenvalue weighted by atomic mass is 16.5. The zero-order valence-corrected chi connectivity index (χ0v) is 26.6. The number of amides is 2. The first-order valence-electron chi connectivity index (χ1n) is 15.5. The van der Waals surface area contributed by atoms with E-state index in [2.05, 4.69) is 58.1 Å². The summed E-state index contributed by atoms with van der Waals surface area (Å²) in [4.78, 5) is 20.3. The number of urea groups is 1. The lowest BCUT2D eigenvalue weighted by Gasteiger charge is -2.29. The number of aliphatic imine (C=N–C) groups is 1. The number of hydrogen-bond donors (Lipinski definition) is 4. The quantitative estimate of drug-likeness (QED) is 0.166. The van der Waals surface area contributed by atoms with Gasteiger partial charge in [0.1, 0.15) is 29.7 Å². The average Bonchev–Trinajstić information content (AvgIpc) is 3.33. The molecule has 0 saturated carbocycles. The van der Waals surface area contributed by atoms with Crippen LogP contribution in [-0.2, 0) is 4.74 Å². The Morgan fingerprint density at radius 3 is 2.57 bits per heavy atom. The van der Waals surface area contributed by atoms with E-state index in [1.54, 1.807) is 6.08 Å². The van der Waals surface area contributed by atoms with Crippen molar-refractivity contribution in [3.8, 4) is 0 Å². The zero-order chi connectivity index (χ0) is 31.4. The maximum Gasteiger partial charge on any atom is 0.320 e. The van der Waals surface area contributed by atoms with Gasteiger partial charge in [-0.3, -0.25) is 10.7 Å². The summed E-state index contributed by atoms with van der Waals surface area (Å²) in [6.45, 7) is 12.4. The van der Waals surface area contributed by atoms with Crippen LogP contribution in [0.5, 0.6) is 0 Å². The van der Waals surface area contributed by atoms with Crippen molar-refractivity contribution in [1.29, 1.82) is 0 Å². The summed E-state index contributed by atoms with van der Waals surface area (Å²) in [7, 11) is 0. The Kier molecular flexibility index (Phi) is 9.13. The Bertz CT molecular complexity index is 1510. The summed E-state index contributed by atoms with van der Waals surface area (Å²) in [5, 5.41) is 10.7. The average molecular weight is 596 g/mol. The van der Waals surface area contributed by atoms with Crippen LogP contribution < -0.4 is 21.8 Å². The zero-order valence-electron chi connectivity index (χ0n) is 26.6. The lowest BCUT2D eigenvalue weighted by molar-refractivity contribution is 0.112. The van der Waals surface area contributed by atoms with Crippen molar-refractivity contribution >= 4 is 23.4 Å². The van der Waals surface area contributed by atoms with Crippen molar-refractivity contribution in [1.82, 2.24) is 21.0 Å². The van der Waals surface area contributed by atoms with Crippen molar-refractivity contribution in [2.75, 3.05) is 0 Å². The molecule has 5 N–H and O–H groups in total. The molecule has 9 nitrogen and oxygen atoms in total. The number of rotatable bonds is 6. The number of nitrogens with two attached hydrogens (primary N) is 1. The minimum atomic E-state index is -0.334. The van der Waals surface area contributed by atoms with Gasteiger partial charge in [-0.05, 0) is 61.6 Å². The molecule has 232 valence electrons. The van der Waals surface area contributed by atoms with E-state index >= 15 is 0 Å². The molecule has 2 aromatic carbocycles. The van der Waals surface area contributed by atoms with Gasteiger partial charge in [0.05, 0.1) is 11.7 Å². The standard InChI is InChI=1S/C35H45N7O2/c1-22(2)33-41-40-32-19-18-25(21-42(32)33)44-29-13-9-12-28(26-10-7-8-11-27(26)29)38-34(43)39-31(20-30(36)35(4,5)6)37-24-16-14-23(3)15-17-24/h7-8,10-11,14-22,28-29,32,40H,9,12-13,36H2,1-6H3,(H2,37,38,39,43)/t28-,29-,32?/m0/s1. The maximum absolute atomic E-state index is 13.5. The van der Waals surface area contributed by atoms with Gasteiger partial charge in [0.2, 0.25) is 0 Å². The van der Waals surface area contributed by atoms with Crippen molar-refractivity contribution in [2.24, 2.45) is 27.2 Å². The number of carbonyl (C=O) groups is 1. The molecular formula is C35H45N7O2. The Morgan fingerprint density at radius 2 is 1.86 bits per heavy atom. The van der Waals surface area contributed by atoms with E-state index in [9.17, 15) is 4.79 Å². The topological polar surface area (TPSA) is 116 Å². The third-order valence-electron chi connectivity index (χ3n) is 8.05. The van der Waals surface area contributed by atoms with Gasteiger partial charge in [0.25, 0.3) is 0 Å². The van der Waals surface area contributed by atoms with Crippen LogP contribution in [-0.4, -0.2) is 28.8 Å². The van der Waals surface area contributed by atoms with E-state index in [0.717, 1.165) is 53.2 Å². The molecule has 0 spiro atoms. The molecule has 0 aromatic heterocycles. The molecule has 3 atom stereocenters. The number of nitrogens with one attached hydrogen (secondary N) is 3. The normalized spacial score (nSPS) is 21.9. The lowest BCUT2D eigenvalue weighted by atomic mass is 9.92. The Labute approximate surface area is 261 Å². The summed E-state index contributed by atoms with van der Waals surface area (Å²) >= 11 is 0. The van der Waals surface area contributed by atoms with E-state index in [4.69, 9.17) is 15.5 Å². The summed E-state index contributed by atoms with van der Waals surface area (Å²) in [5.74, 6) is 2.46. The fourth-order valence-corrected chi connectivity index (χ4v) is 5.45. The number of benzene rings is 2. The number of nitrogens with zero attached hydrogens (tertiary/aromatic N) is 3. The predicted molar refractivity (Wildman–Crippen MR) is 177 cm³/mol. The van der Waals surface area contributed by atoms with Gasteiger partial charge < -0.3 is 20.7 Å². The Hall–Kier alpha value is -4.53. The summed E-state index contributed by atoms with van der Waals surface area (Å²) < 4.78 is 6.62. The number of hydrazone groups is 1. The number of fused-ring (bicyclic) bond motifs is 2. The van der Waals surface area contributed by atoms with E-state index in [1.165, 1.54) is 0 Å².